The lowest BCUT2D eigenvalue weighted by molar-refractivity contribution is 0.219. The van der Waals surface area contributed by atoms with E-state index in [1.54, 1.807) is 12.1 Å². The van der Waals surface area contributed by atoms with Crippen LogP contribution in [0.3, 0.4) is 0 Å². The molecule has 0 aliphatic heterocycles. The van der Waals surface area contributed by atoms with Gasteiger partial charge in [-0.15, -0.1) is 0 Å². The molecule has 17 heavy (non-hydrogen) atoms. The summed E-state index contributed by atoms with van der Waals surface area (Å²) in [7, 11) is 2.05. The molecule has 2 nitrogen and oxygen atoms in total. The number of hydrogen-bond donors (Lipinski definition) is 1. The van der Waals surface area contributed by atoms with E-state index in [2.05, 4.69) is 18.7 Å². The molecular weight excluding hydrogens is 257 g/mol. The van der Waals surface area contributed by atoms with E-state index in [1.807, 2.05) is 7.05 Å². The molecule has 0 bridgehead atoms. The van der Waals surface area contributed by atoms with E-state index in [0.29, 0.717) is 22.6 Å². The quantitative estimate of drug-likeness (QED) is 0.865. The number of aromatic hydroxyl groups is 1. The Morgan fingerprint density at radius 1 is 1.24 bits per heavy atom. The first kappa shape index (κ1) is 14.6. The molecule has 0 amide bonds. The summed E-state index contributed by atoms with van der Waals surface area (Å²) in [4.78, 5) is 2.21. The van der Waals surface area contributed by atoms with Crippen molar-refractivity contribution >= 4 is 23.2 Å². The molecule has 1 aromatic carbocycles. The van der Waals surface area contributed by atoms with E-state index in [4.69, 9.17) is 23.2 Å². The van der Waals surface area contributed by atoms with E-state index in [1.165, 1.54) is 0 Å². The van der Waals surface area contributed by atoms with Crippen molar-refractivity contribution in [2.24, 2.45) is 0 Å². The number of rotatable bonds is 5. The van der Waals surface area contributed by atoms with Gasteiger partial charge in [0.05, 0.1) is 5.02 Å². The number of benzene rings is 1. The molecule has 0 spiro atoms. The highest BCUT2D eigenvalue weighted by molar-refractivity contribution is 6.35. The minimum absolute atomic E-state index is 0.133. The molecule has 0 aliphatic carbocycles. The molecule has 4 heteroatoms. The van der Waals surface area contributed by atoms with E-state index in [-0.39, 0.29) is 5.75 Å². The first-order valence-corrected chi connectivity index (χ1v) is 6.62. The lowest BCUT2D eigenvalue weighted by Gasteiger charge is -2.26. The van der Waals surface area contributed by atoms with Crippen LogP contribution in [0.1, 0.15) is 32.3 Å². The van der Waals surface area contributed by atoms with Crippen LogP contribution >= 0.6 is 23.2 Å². The summed E-state index contributed by atoms with van der Waals surface area (Å²) in [6, 6.07) is 3.83. The molecule has 96 valence electrons. The Morgan fingerprint density at radius 3 is 2.35 bits per heavy atom. The minimum Gasteiger partial charge on any atom is -0.506 e. The van der Waals surface area contributed by atoms with Crippen molar-refractivity contribution in [3.05, 3.63) is 27.7 Å². The van der Waals surface area contributed by atoms with Crippen LogP contribution in [0, 0.1) is 0 Å². The van der Waals surface area contributed by atoms with Crippen molar-refractivity contribution in [2.75, 3.05) is 7.05 Å². The van der Waals surface area contributed by atoms with Crippen LogP contribution in [0.5, 0.6) is 5.75 Å². The van der Waals surface area contributed by atoms with Crippen LogP contribution in [-0.2, 0) is 6.54 Å². The fourth-order valence-corrected chi connectivity index (χ4v) is 2.59. The first-order valence-electron chi connectivity index (χ1n) is 5.86. The topological polar surface area (TPSA) is 23.5 Å². The van der Waals surface area contributed by atoms with Gasteiger partial charge < -0.3 is 5.11 Å². The number of hydrogen-bond acceptors (Lipinski definition) is 2. The Morgan fingerprint density at radius 2 is 1.82 bits per heavy atom. The van der Waals surface area contributed by atoms with Gasteiger partial charge in [0.25, 0.3) is 0 Å². The summed E-state index contributed by atoms with van der Waals surface area (Å²) in [5.41, 5.74) is 0.775. The van der Waals surface area contributed by atoms with E-state index in [9.17, 15) is 5.11 Å². The zero-order chi connectivity index (χ0) is 13.0. The maximum absolute atomic E-state index is 9.88. The van der Waals surface area contributed by atoms with Gasteiger partial charge in [-0.25, -0.2) is 0 Å². The van der Waals surface area contributed by atoms with Crippen molar-refractivity contribution in [3.8, 4) is 5.75 Å². The number of phenolic OH excluding ortho intramolecular Hbond substituents is 1. The smallest absolute Gasteiger partial charge is 0.138 e. The van der Waals surface area contributed by atoms with Gasteiger partial charge in [0.2, 0.25) is 0 Å². The molecule has 0 heterocycles. The van der Waals surface area contributed by atoms with Gasteiger partial charge in [0, 0.05) is 23.2 Å². The molecule has 0 atom stereocenters. The van der Waals surface area contributed by atoms with Crippen LogP contribution < -0.4 is 0 Å². The second-order valence-electron chi connectivity index (χ2n) is 4.28. The summed E-state index contributed by atoms with van der Waals surface area (Å²) < 4.78 is 0. The fourth-order valence-electron chi connectivity index (χ4n) is 2.05. The highest BCUT2D eigenvalue weighted by atomic mass is 35.5. The zero-order valence-corrected chi connectivity index (χ0v) is 12.0. The lowest BCUT2D eigenvalue weighted by atomic mass is 10.1. The third-order valence-corrected chi connectivity index (χ3v) is 3.60. The van der Waals surface area contributed by atoms with Crippen molar-refractivity contribution in [3.63, 3.8) is 0 Å². The van der Waals surface area contributed by atoms with Crippen molar-refractivity contribution < 1.29 is 5.11 Å². The molecule has 1 rings (SSSR count). The molecule has 0 saturated heterocycles. The molecule has 0 fully saturated rings. The first-order chi connectivity index (χ1) is 7.99. The Bertz CT molecular complexity index is 378. The number of halogens is 2. The second-order valence-corrected chi connectivity index (χ2v) is 5.12. The minimum atomic E-state index is 0.133. The molecule has 0 aromatic heterocycles. The largest absolute Gasteiger partial charge is 0.506 e. The Balaban J connectivity index is 2.87. The molecule has 0 aliphatic rings. The van der Waals surface area contributed by atoms with Gasteiger partial charge in [0.15, 0.2) is 0 Å². The van der Waals surface area contributed by atoms with Gasteiger partial charge in [-0.2, -0.15) is 0 Å². The summed E-state index contributed by atoms with van der Waals surface area (Å²) >= 11 is 11.8. The summed E-state index contributed by atoms with van der Waals surface area (Å²) in [5, 5.41) is 10.7. The van der Waals surface area contributed by atoms with Crippen molar-refractivity contribution in [1.29, 1.82) is 0 Å². The molecule has 0 unspecified atom stereocenters. The van der Waals surface area contributed by atoms with Crippen LogP contribution in [0.2, 0.25) is 10.0 Å². The summed E-state index contributed by atoms with van der Waals surface area (Å²) in [6.45, 7) is 4.98. The van der Waals surface area contributed by atoms with Crippen LogP contribution in [0.25, 0.3) is 0 Å². The van der Waals surface area contributed by atoms with E-state index >= 15 is 0 Å². The highest BCUT2D eigenvalue weighted by Crippen LogP contribution is 2.32. The van der Waals surface area contributed by atoms with Crippen LogP contribution in [0.4, 0.5) is 0 Å². The normalized spacial score (nSPS) is 11.5. The predicted octanol–water partition coefficient (Wildman–Crippen LogP) is 4.32. The molecular formula is C13H19Cl2NO. The average Bonchev–Trinajstić information content (AvgIpc) is 2.27. The van der Waals surface area contributed by atoms with Gasteiger partial charge in [-0.3, -0.25) is 4.90 Å². The average molecular weight is 276 g/mol. The molecule has 1 aromatic rings. The fraction of sp³-hybridized carbons (Fsp3) is 0.538. The van der Waals surface area contributed by atoms with E-state index < -0.39 is 0 Å². The zero-order valence-electron chi connectivity index (χ0n) is 10.5. The van der Waals surface area contributed by atoms with Crippen LogP contribution in [-0.4, -0.2) is 23.1 Å². The highest BCUT2D eigenvalue weighted by Gasteiger charge is 2.14. The second kappa shape index (κ2) is 6.48. The van der Waals surface area contributed by atoms with E-state index in [0.717, 1.165) is 18.4 Å². The molecule has 1 N–H and O–H groups in total. The number of nitrogens with zero attached hydrogens (tertiary/aromatic N) is 1. The van der Waals surface area contributed by atoms with Gasteiger partial charge in [0.1, 0.15) is 5.75 Å². The Kier molecular flexibility index (Phi) is 5.57. The maximum Gasteiger partial charge on any atom is 0.138 e. The van der Waals surface area contributed by atoms with Gasteiger partial charge in [-0.05, 0) is 32.0 Å². The Hall–Kier alpha value is -0.440. The summed E-state index contributed by atoms with van der Waals surface area (Å²) in [6.07, 6.45) is 2.17. The monoisotopic (exact) mass is 275 g/mol. The van der Waals surface area contributed by atoms with Gasteiger partial charge in [-0.1, -0.05) is 37.0 Å². The van der Waals surface area contributed by atoms with Crippen LogP contribution in [0.15, 0.2) is 12.1 Å². The maximum atomic E-state index is 9.88. The third-order valence-electron chi connectivity index (χ3n) is 3.09. The summed E-state index contributed by atoms with van der Waals surface area (Å²) in [5.74, 6) is 0.133. The SMILES string of the molecule is CCC(CC)N(C)Cc1cc(Cl)cc(Cl)c1O. The van der Waals surface area contributed by atoms with Crippen molar-refractivity contribution in [2.45, 2.75) is 39.3 Å². The van der Waals surface area contributed by atoms with Gasteiger partial charge >= 0.3 is 0 Å². The molecule has 0 saturated carbocycles. The lowest BCUT2D eigenvalue weighted by Crippen LogP contribution is -2.30. The molecule has 0 radical (unpaired) electrons. The Labute approximate surface area is 113 Å². The number of phenols is 1. The van der Waals surface area contributed by atoms with Crippen molar-refractivity contribution in [1.82, 2.24) is 4.90 Å². The standard InChI is InChI=1S/C13H19Cl2NO/c1-4-11(5-2)16(3)8-9-6-10(14)7-12(15)13(9)17/h6-7,11,17H,4-5,8H2,1-3H3. The predicted molar refractivity (Wildman–Crippen MR) is 74.0 cm³/mol. The third kappa shape index (κ3) is 3.77.